The molecule has 1 amide bonds. The van der Waals surface area contributed by atoms with Crippen molar-refractivity contribution in [1.82, 2.24) is 15.5 Å². The molecule has 1 aromatic carbocycles. The average molecular weight is 342 g/mol. The number of rotatable bonds is 6. The normalized spacial score (nSPS) is 11.7. The van der Waals surface area contributed by atoms with Crippen LogP contribution in [-0.2, 0) is 0 Å². The monoisotopic (exact) mass is 342 g/mol. The van der Waals surface area contributed by atoms with Crippen LogP contribution in [0.2, 0.25) is 0 Å². The van der Waals surface area contributed by atoms with Gasteiger partial charge in [-0.3, -0.25) is 9.59 Å². The summed E-state index contributed by atoms with van der Waals surface area (Å²) in [7, 11) is 0. The van der Waals surface area contributed by atoms with E-state index in [2.05, 4.69) is 20.8 Å². The SMILES string of the molecule is Cc1nnc(NC(NC(=O)c2ccco2)C(=O)c2ccccc2)s1. The van der Waals surface area contributed by atoms with Crippen molar-refractivity contribution in [2.75, 3.05) is 5.32 Å². The summed E-state index contributed by atoms with van der Waals surface area (Å²) in [5, 5.41) is 14.6. The molecule has 24 heavy (non-hydrogen) atoms. The smallest absolute Gasteiger partial charge is 0.288 e. The Morgan fingerprint density at radius 1 is 1.12 bits per heavy atom. The Hall–Kier alpha value is -3.00. The molecule has 1 unspecified atom stereocenters. The van der Waals surface area contributed by atoms with Gasteiger partial charge in [-0.2, -0.15) is 0 Å². The van der Waals surface area contributed by atoms with Crippen LogP contribution in [0.4, 0.5) is 5.13 Å². The van der Waals surface area contributed by atoms with E-state index in [1.54, 1.807) is 37.3 Å². The van der Waals surface area contributed by atoms with Crippen LogP contribution in [0.1, 0.15) is 25.9 Å². The molecule has 1 atom stereocenters. The van der Waals surface area contributed by atoms with Crippen LogP contribution in [0.5, 0.6) is 0 Å². The number of hydrogen-bond donors (Lipinski definition) is 2. The molecule has 0 bridgehead atoms. The van der Waals surface area contributed by atoms with Gasteiger partial charge in [-0.1, -0.05) is 41.7 Å². The lowest BCUT2D eigenvalue weighted by Crippen LogP contribution is -2.46. The minimum absolute atomic E-state index is 0.121. The zero-order chi connectivity index (χ0) is 16.9. The third-order valence-corrected chi connectivity index (χ3v) is 3.90. The maximum atomic E-state index is 12.7. The van der Waals surface area contributed by atoms with Crippen LogP contribution < -0.4 is 10.6 Å². The van der Waals surface area contributed by atoms with Crippen molar-refractivity contribution >= 4 is 28.2 Å². The van der Waals surface area contributed by atoms with Crippen molar-refractivity contribution in [2.45, 2.75) is 13.1 Å². The predicted octanol–water partition coefficient (Wildman–Crippen LogP) is 2.49. The van der Waals surface area contributed by atoms with Crippen LogP contribution in [-0.4, -0.2) is 28.1 Å². The van der Waals surface area contributed by atoms with Crippen LogP contribution in [0.3, 0.4) is 0 Å². The van der Waals surface area contributed by atoms with Gasteiger partial charge in [-0.25, -0.2) is 0 Å². The Kier molecular flexibility index (Phi) is 4.66. The predicted molar refractivity (Wildman–Crippen MR) is 89.0 cm³/mol. The first kappa shape index (κ1) is 15.9. The van der Waals surface area contributed by atoms with Crippen LogP contribution in [0.15, 0.2) is 53.1 Å². The molecule has 3 rings (SSSR count). The molecule has 0 radical (unpaired) electrons. The van der Waals surface area contributed by atoms with Crippen LogP contribution >= 0.6 is 11.3 Å². The van der Waals surface area contributed by atoms with Gasteiger partial charge in [0.05, 0.1) is 6.26 Å². The number of carbonyl (C=O) groups is 2. The van der Waals surface area contributed by atoms with Crippen molar-refractivity contribution in [3.63, 3.8) is 0 Å². The zero-order valence-corrected chi connectivity index (χ0v) is 13.5. The summed E-state index contributed by atoms with van der Waals surface area (Å²) in [6, 6.07) is 11.8. The van der Waals surface area contributed by atoms with Gasteiger partial charge in [-0.05, 0) is 19.1 Å². The fourth-order valence-corrected chi connectivity index (χ4v) is 2.64. The van der Waals surface area contributed by atoms with E-state index in [1.165, 1.54) is 23.7 Å². The molecule has 0 fully saturated rings. The van der Waals surface area contributed by atoms with Crippen LogP contribution in [0, 0.1) is 6.92 Å². The Morgan fingerprint density at radius 2 is 1.92 bits per heavy atom. The number of hydrogen-bond acceptors (Lipinski definition) is 7. The Labute approximate surface area is 141 Å². The second-order valence-corrected chi connectivity index (χ2v) is 6.07. The van der Waals surface area contributed by atoms with Gasteiger partial charge in [-0.15, -0.1) is 10.2 Å². The molecule has 0 aliphatic rings. The highest BCUT2D eigenvalue weighted by atomic mass is 32.1. The molecule has 3 aromatic rings. The van der Waals surface area contributed by atoms with E-state index in [0.29, 0.717) is 10.7 Å². The quantitative estimate of drug-likeness (QED) is 0.528. The molecule has 0 aliphatic carbocycles. The maximum Gasteiger partial charge on any atom is 0.288 e. The molecular formula is C16H14N4O3S. The van der Waals surface area contributed by atoms with Gasteiger partial charge < -0.3 is 15.1 Å². The first-order valence-corrected chi connectivity index (χ1v) is 7.95. The molecule has 0 aliphatic heterocycles. The Bertz CT molecular complexity index is 830. The van der Waals surface area contributed by atoms with Crippen LogP contribution in [0.25, 0.3) is 0 Å². The Morgan fingerprint density at radius 3 is 2.54 bits per heavy atom. The fourth-order valence-electron chi connectivity index (χ4n) is 2.02. The van der Waals surface area contributed by atoms with Crippen molar-refractivity contribution < 1.29 is 14.0 Å². The first-order valence-electron chi connectivity index (χ1n) is 7.14. The summed E-state index contributed by atoms with van der Waals surface area (Å²) in [4.78, 5) is 24.9. The molecule has 0 saturated heterocycles. The van der Waals surface area contributed by atoms with Gasteiger partial charge in [0, 0.05) is 5.56 Å². The lowest BCUT2D eigenvalue weighted by molar-refractivity contribution is 0.0852. The number of anilines is 1. The van der Waals surface area contributed by atoms with E-state index in [4.69, 9.17) is 4.42 Å². The number of furan rings is 1. The van der Waals surface area contributed by atoms with Crippen molar-refractivity contribution in [3.8, 4) is 0 Å². The number of nitrogens with zero attached hydrogens (tertiary/aromatic N) is 2. The highest BCUT2D eigenvalue weighted by Gasteiger charge is 2.24. The molecule has 8 heteroatoms. The number of nitrogens with one attached hydrogen (secondary N) is 2. The van der Waals surface area contributed by atoms with Gasteiger partial charge in [0.25, 0.3) is 5.91 Å². The fraction of sp³-hybridized carbons (Fsp3) is 0.125. The summed E-state index contributed by atoms with van der Waals surface area (Å²) >= 11 is 1.29. The number of aromatic nitrogens is 2. The highest BCUT2D eigenvalue weighted by molar-refractivity contribution is 7.15. The van der Waals surface area contributed by atoms with Gasteiger partial charge in [0.15, 0.2) is 11.9 Å². The molecule has 122 valence electrons. The standard InChI is InChI=1S/C16H14N4O3S/c1-10-19-20-16(24-10)18-14(13(21)11-6-3-2-4-7-11)17-15(22)12-8-5-9-23-12/h2-9,14H,1H3,(H,17,22)(H,18,20). The number of ketones is 1. The van der Waals surface area contributed by atoms with E-state index in [1.807, 2.05) is 6.07 Å². The summed E-state index contributed by atoms with van der Waals surface area (Å²) < 4.78 is 5.06. The van der Waals surface area contributed by atoms with Crippen molar-refractivity contribution in [3.05, 3.63) is 65.1 Å². The van der Waals surface area contributed by atoms with E-state index in [-0.39, 0.29) is 11.5 Å². The Balaban J connectivity index is 1.82. The molecule has 2 N–H and O–H groups in total. The minimum atomic E-state index is -0.989. The third-order valence-electron chi connectivity index (χ3n) is 3.13. The minimum Gasteiger partial charge on any atom is -0.459 e. The molecule has 0 spiro atoms. The van der Waals surface area contributed by atoms with Gasteiger partial charge in [0.2, 0.25) is 10.9 Å². The summed E-state index contributed by atoms with van der Waals surface area (Å²) in [6.45, 7) is 1.80. The molecule has 2 heterocycles. The number of amides is 1. The highest BCUT2D eigenvalue weighted by Crippen LogP contribution is 2.16. The molecule has 0 saturated carbocycles. The largest absolute Gasteiger partial charge is 0.459 e. The van der Waals surface area contributed by atoms with Gasteiger partial charge in [0.1, 0.15) is 5.01 Å². The summed E-state index contributed by atoms with van der Waals surface area (Å²) in [6.07, 6.45) is 0.405. The molecule has 2 aromatic heterocycles. The third kappa shape index (κ3) is 3.66. The van der Waals surface area contributed by atoms with E-state index in [0.717, 1.165) is 5.01 Å². The average Bonchev–Trinajstić information content (AvgIpc) is 3.26. The number of carbonyl (C=O) groups excluding carboxylic acids is 2. The van der Waals surface area contributed by atoms with E-state index < -0.39 is 12.1 Å². The summed E-state index contributed by atoms with van der Waals surface area (Å²) in [5.74, 6) is -0.664. The second-order valence-electron chi connectivity index (χ2n) is 4.88. The number of Topliss-reactive ketones (excluding diaryl/α,β-unsaturated/α-hetero) is 1. The number of benzene rings is 1. The van der Waals surface area contributed by atoms with Crippen molar-refractivity contribution in [2.24, 2.45) is 0 Å². The summed E-state index contributed by atoms with van der Waals surface area (Å²) in [5.41, 5.74) is 0.469. The topological polar surface area (TPSA) is 97.1 Å². The van der Waals surface area contributed by atoms with Gasteiger partial charge >= 0.3 is 0 Å². The zero-order valence-electron chi connectivity index (χ0n) is 12.7. The first-order chi connectivity index (χ1) is 11.6. The lowest BCUT2D eigenvalue weighted by atomic mass is 10.1. The maximum absolute atomic E-state index is 12.7. The van der Waals surface area contributed by atoms with E-state index in [9.17, 15) is 9.59 Å². The molecular weight excluding hydrogens is 328 g/mol. The second kappa shape index (κ2) is 7.05. The lowest BCUT2D eigenvalue weighted by Gasteiger charge is -2.17. The molecule has 7 nitrogen and oxygen atoms in total. The van der Waals surface area contributed by atoms with Crippen molar-refractivity contribution in [1.29, 1.82) is 0 Å². The number of aryl methyl sites for hydroxylation is 1. The van der Waals surface area contributed by atoms with E-state index >= 15 is 0 Å².